The molecule has 2 atom stereocenters. The molecule has 3 N–H and O–H groups in total. The van der Waals surface area contributed by atoms with Gasteiger partial charge in [0, 0.05) is 6.04 Å². The minimum absolute atomic E-state index is 0.0311. The molecule has 0 amide bonds. The van der Waals surface area contributed by atoms with E-state index in [0.29, 0.717) is 12.2 Å². The molecule has 1 aromatic heterocycles. The molecule has 1 heterocycles. The molecule has 16 heavy (non-hydrogen) atoms. The van der Waals surface area contributed by atoms with Crippen LogP contribution >= 0.6 is 0 Å². The maximum Gasteiger partial charge on any atom is 0.354 e. The Balaban J connectivity index is 2.04. The molecule has 0 unspecified atom stereocenters. The van der Waals surface area contributed by atoms with Crippen LogP contribution in [0.3, 0.4) is 0 Å². The van der Waals surface area contributed by atoms with Gasteiger partial charge in [0.1, 0.15) is 5.82 Å². The molecule has 1 saturated carbocycles. The van der Waals surface area contributed by atoms with Crippen LogP contribution in [0.25, 0.3) is 0 Å². The van der Waals surface area contributed by atoms with Crippen LogP contribution in [0.2, 0.25) is 0 Å². The lowest BCUT2D eigenvalue weighted by atomic mass is 10.2. The lowest BCUT2D eigenvalue weighted by molar-refractivity contribution is 0.0690. The first-order chi connectivity index (χ1) is 7.65. The Labute approximate surface area is 93.1 Å². The highest BCUT2D eigenvalue weighted by Gasteiger charge is 2.22. The summed E-state index contributed by atoms with van der Waals surface area (Å²) in [5.41, 5.74) is 0.0311. The molecule has 0 aliphatic heterocycles. The van der Waals surface area contributed by atoms with Crippen molar-refractivity contribution >= 4 is 11.8 Å². The third-order valence-corrected chi connectivity index (χ3v) is 2.73. The van der Waals surface area contributed by atoms with E-state index in [4.69, 9.17) is 5.11 Å². The van der Waals surface area contributed by atoms with Gasteiger partial charge in [-0.15, -0.1) is 0 Å². The summed E-state index contributed by atoms with van der Waals surface area (Å²) in [6.07, 6.45) is 2.12. The summed E-state index contributed by atoms with van der Waals surface area (Å²) in [7, 11) is 0. The van der Waals surface area contributed by atoms with E-state index < -0.39 is 5.97 Å². The largest absolute Gasteiger partial charge is 0.477 e. The van der Waals surface area contributed by atoms with Crippen molar-refractivity contribution in [3.8, 4) is 0 Å². The zero-order chi connectivity index (χ0) is 11.5. The molecular weight excluding hydrogens is 208 g/mol. The van der Waals surface area contributed by atoms with Crippen LogP contribution in [-0.2, 0) is 0 Å². The third-order valence-electron chi connectivity index (χ3n) is 2.73. The number of aliphatic hydroxyl groups excluding tert-OH is 1. The van der Waals surface area contributed by atoms with E-state index in [1.165, 1.54) is 6.07 Å². The number of pyridine rings is 1. The Bertz CT molecular complexity index is 395. The van der Waals surface area contributed by atoms with E-state index in [-0.39, 0.29) is 17.8 Å². The molecule has 0 bridgehead atoms. The summed E-state index contributed by atoms with van der Waals surface area (Å²) in [4.78, 5) is 14.7. The van der Waals surface area contributed by atoms with Gasteiger partial charge < -0.3 is 15.5 Å². The summed E-state index contributed by atoms with van der Waals surface area (Å²) in [6, 6.07) is 5.03. The molecular formula is C11H14N2O3. The smallest absolute Gasteiger partial charge is 0.354 e. The fourth-order valence-corrected chi connectivity index (χ4v) is 1.93. The number of carbonyl (C=O) groups is 1. The Morgan fingerprint density at radius 3 is 2.88 bits per heavy atom. The normalized spacial score (nSPS) is 24.3. The van der Waals surface area contributed by atoms with Crippen molar-refractivity contribution < 1.29 is 15.0 Å². The molecule has 0 saturated heterocycles. The van der Waals surface area contributed by atoms with Crippen LogP contribution < -0.4 is 5.32 Å². The molecule has 0 aromatic carbocycles. The lowest BCUT2D eigenvalue weighted by Gasteiger charge is -2.12. The Hall–Kier alpha value is -1.62. The summed E-state index contributed by atoms with van der Waals surface area (Å²) in [5.74, 6) is -0.478. The first-order valence-corrected chi connectivity index (χ1v) is 5.30. The summed E-state index contributed by atoms with van der Waals surface area (Å²) in [6.45, 7) is 0. The van der Waals surface area contributed by atoms with E-state index in [1.807, 2.05) is 0 Å². The molecule has 0 spiro atoms. The van der Waals surface area contributed by atoms with Gasteiger partial charge in [0.2, 0.25) is 0 Å². The molecule has 86 valence electrons. The molecule has 5 heteroatoms. The predicted molar refractivity (Wildman–Crippen MR) is 58.5 cm³/mol. The van der Waals surface area contributed by atoms with Crippen molar-refractivity contribution in [3.05, 3.63) is 23.9 Å². The van der Waals surface area contributed by atoms with Crippen LogP contribution in [0, 0.1) is 0 Å². The van der Waals surface area contributed by atoms with Gasteiger partial charge in [-0.3, -0.25) is 0 Å². The van der Waals surface area contributed by atoms with Crippen molar-refractivity contribution in [3.63, 3.8) is 0 Å². The van der Waals surface area contributed by atoms with Gasteiger partial charge in [0.05, 0.1) is 6.10 Å². The second-order valence-electron chi connectivity index (χ2n) is 4.02. The van der Waals surface area contributed by atoms with Gasteiger partial charge in [0.15, 0.2) is 5.69 Å². The number of anilines is 1. The maximum absolute atomic E-state index is 10.7. The first-order valence-electron chi connectivity index (χ1n) is 5.30. The molecule has 1 aromatic rings. The number of rotatable bonds is 3. The molecule has 1 fully saturated rings. The number of aromatic carboxylic acids is 1. The first kappa shape index (κ1) is 10.9. The van der Waals surface area contributed by atoms with Crippen LogP contribution in [0.1, 0.15) is 29.8 Å². The highest BCUT2D eigenvalue weighted by atomic mass is 16.4. The average molecular weight is 222 g/mol. The second-order valence-corrected chi connectivity index (χ2v) is 4.02. The zero-order valence-corrected chi connectivity index (χ0v) is 8.76. The lowest BCUT2D eigenvalue weighted by Crippen LogP contribution is -2.18. The van der Waals surface area contributed by atoms with Gasteiger partial charge in [-0.2, -0.15) is 0 Å². The monoisotopic (exact) mass is 222 g/mol. The van der Waals surface area contributed by atoms with Crippen molar-refractivity contribution in [2.45, 2.75) is 31.4 Å². The van der Waals surface area contributed by atoms with Crippen molar-refractivity contribution in [1.29, 1.82) is 0 Å². The SMILES string of the molecule is O=C(O)c1cccc(N[C@H]2CC[C@@H](O)C2)n1. The summed E-state index contributed by atoms with van der Waals surface area (Å²) >= 11 is 0. The van der Waals surface area contributed by atoms with Gasteiger partial charge >= 0.3 is 5.97 Å². The highest BCUT2D eigenvalue weighted by Crippen LogP contribution is 2.22. The maximum atomic E-state index is 10.7. The molecule has 5 nitrogen and oxygen atoms in total. The van der Waals surface area contributed by atoms with Gasteiger partial charge in [0.25, 0.3) is 0 Å². The fraction of sp³-hybridized carbons (Fsp3) is 0.455. The molecule has 1 aliphatic carbocycles. The van der Waals surface area contributed by atoms with Crippen LogP contribution in [0.5, 0.6) is 0 Å². The average Bonchev–Trinajstić information content (AvgIpc) is 2.64. The number of nitrogens with one attached hydrogen (secondary N) is 1. The minimum atomic E-state index is -1.03. The van der Waals surface area contributed by atoms with Crippen LogP contribution in [0.15, 0.2) is 18.2 Å². The minimum Gasteiger partial charge on any atom is -0.477 e. The topological polar surface area (TPSA) is 82.5 Å². The summed E-state index contributed by atoms with van der Waals surface area (Å²) < 4.78 is 0. The standard InChI is InChI=1S/C11H14N2O3/c14-8-5-4-7(6-8)12-10-3-1-2-9(13-10)11(15)16/h1-3,7-8,14H,4-6H2,(H,12,13)(H,15,16)/t7-,8+/m0/s1. The van der Waals surface area contributed by atoms with E-state index in [1.54, 1.807) is 12.1 Å². The summed E-state index contributed by atoms with van der Waals surface area (Å²) in [5, 5.41) is 21.3. The number of carboxylic acids is 1. The second kappa shape index (κ2) is 4.49. The van der Waals surface area contributed by atoms with Crippen molar-refractivity contribution in [1.82, 2.24) is 4.98 Å². The predicted octanol–water partition coefficient (Wildman–Crippen LogP) is 1.11. The van der Waals surface area contributed by atoms with Gasteiger partial charge in [-0.1, -0.05) is 6.07 Å². The van der Waals surface area contributed by atoms with Gasteiger partial charge in [-0.05, 0) is 31.4 Å². The number of hydrogen-bond acceptors (Lipinski definition) is 4. The van der Waals surface area contributed by atoms with E-state index in [9.17, 15) is 9.90 Å². The van der Waals surface area contributed by atoms with Crippen LogP contribution in [0.4, 0.5) is 5.82 Å². The number of aromatic nitrogens is 1. The third kappa shape index (κ3) is 2.49. The van der Waals surface area contributed by atoms with Crippen molar-refractivity contribution in [2.24, 2.45) is 0 Å². The fourth-order valence-electron chi connectivity index (χ4n) is 1.93. The Kier molecular flexibility index (Phi) is 3.05. The molecule has 0 radical (unpaired) electrons. The van der Waals surface area contributed by atoms with Crippen molar-refractivity contribution in [2.75, 3.05) is 5.32 Å². The van der Waals surface area contributed by atoms with Gasteiger partial charge in [-0.25, -0.2) is 9.78 Å². The molecule has 2 rings (SSSR count). The Morgan fingerprint density at radius 2 is 2.25 bits per heavy atom. The van der Waals surface area contributed by atoms with Crippen LogP contribution in [-0.4, -0.2) is 33.3 Å². The highest BCUT2D eigenvalue weighted by molar-refractivity contribution is 5.85. The number of hydrogen-bond donors (Lipinski definition) is 3. The zero-order valence-electron chi connectivity index (χ0n) is 8.76. The molecule has 1 aliphatic rings. The van der Waals surface area contributed by atoms with E-state index in [2.05, 4.69) is 10.3 Å². The number of aliphatic hydroxyl groups is 1. The van der Waals surface area contributed by atoms with E-state index in [0.717, 1.165) is 12.8 Å². The van der Waals surface area contributed by atoms with E-state index >= 15 is 0 Å². The Morgan fingerprint density at radius 1 is 1.44 bits per heavy atom. The number of carboxylic acid groups (broad SMARTS) is 1. The number of nitrogens with zero attached hydrogens (tertiary/aromatic N) is 1. The quantitative estimate of drug-likeness (QED) is 0.713.